The van der Waals surface area contributed by atoms with Crippen molar-refractivity contribution >= 4 is 30.1 Å². The van der Waals surface area contributed by atoms with E-state index < -0.39 is 5.41 Å². The number of allylic oxidation sites excluding steroid dienone is 28. The van der Waals surface area contributed by atoms with E-state index in [1.54, 1.807) is 0 Å². The largest absolute Gasteiger partial charge is 0.382 e. The molecule has 1 aromatic carbocycles. The predicted octanol–water partition coefficient (Wildman–Crippen LogP) is 14.6. The van der Waals surface area contributed by atoms with Crippen molar-refractivity contribution in [2.45, 2.75) is 50.7 Å². The van der Waals surface area contributed by atoms with Gasteiger partial charge < -0.3 is 5.32 Å². The summed E-state index contributed by atoms with van der Waals surface area (Å²) in [6.07, 6.45) is 64.0. The minimum Gasteiger partial charge on any atom is -0.382 e. The van der Waals surface area contributed by atoms with Crippen molar-refractivity contribution in [1.29, 1.82) is 0 Å². The van der Waals surface area contributed by atoms with Gasteiger partial charge in [0.2, 0.25) is 0 Å². The van der Waals surface area contributed by atoms with Crippen LogP contribution in [0.2, 0.25) is 0 Å². The Morgan fingerprint density at radius 1 is 0.868 bits per heavy atom. The summed E-state index contributed by atoms with van der Waals surface area (Å²) in [5.74, 6) is 0. The molecule has 0 radical (unpaired) electrons. The summed E-state index contributed by atoms with van der Waals surface area (Å²) in [4.78, 5) is 1.03. The molecule has 2 unspecified atom stereocenters. The summed E-state index contributed by atoms with van der Waals surface area (Å²) >= 11 is 6.66. The van der Waals surface area contributed by atoms with E-state index in [4.69, 9.17) is 12.6 Å². The third kappa shape index (κ3) is 17.1. The van der Waals surface area contributed by atoms with Crippen molar-refractivity contribution in [3.63, 3.8) is 0 Å². The number of thiol groups is 1. The molecular weight excluding hydrogens is 679 g/mol. The lowest BCUT2D eigenvalue weighted by molar-refractivity contribution is 0.496. The van der Waals surface area contributed by atoms with Gasteiger partial charge >= 0.3 is 0 Å². The van der Waals surface area contributed by atoms with Gasteiger partial charge in [-0.15, -0.1) is 11.8 Å². The molecule has 0 aromatic heterocycles. The second-order valence-corrected chi connectivity index (χ2v) is 14.0. The fourth-order valence-corrected chi connectivity index (χ4v) is 7.28. The van der Waals surface area contributed by atoms with E-state index in [0.29, 0.717) is 0 Å². The normalized spacial score (nSPS) is 25.6. The average molecular weight is 736 g/mol. The molecule has 1 nitrogen and oxygen atoms in total. The van der Waals surface area contributed by atoms with Crippen LogP contribution in [0.5, 0.6) is 0 Å². The Balaban J connectivity index is 2.00. The van der Waals surface area contributed by atoms with Crippen LogP contribution in [0.15, 0.2) is 235 Å². The molecule has 2 aliphatic rings. The summed E-state index contributed by atoms with van der Waals surface area (Å²) in [7, 11) is 0. The average Bonchev–Trinajstić information content (AvgIpc) is 3.24. The van der Waals surface area contributed by atoms with Crippen molar-refractivity contribution in [2.24, 2.45) is 5.41 Å². The number of thioether (sulfide) groups is 1. The number of hydrogen-bond acceptors (Lipinski definition) is 3. The fraction of sp³-hybridized carbons (Fsp3) is 0.200. The molecule has 0 amide bonds. The number of rotatable bonds is 16. The quantitative estimate of drug-likeness (QED) is 0.0996. The molecule has 1 aliphatic heterocycles. The number of para-hydroxylation sites is 1. The molecule has 1 aromatic rings. The first-order valence-corrected chi connectivity index (χ1v) is 20.0. The summed E-state index contributed by atoms with van der Waals surface area (Å²) in [6.45, 7) is 11.1. The summed E-state index contributed by atoms with van der Waals surface area (Å²) in [6, 6.07) is 10.3. The SMILES string of the molecule is C=C/C=C\CCC1=C/C2SC(=C)/C=C\C=C/CC2(C(/C=C\C=C/CC/C=C\C=C/C)=C\S)/C=C/C=C\C=C(\C=C\C=C\CNc2ccccc2)C/C=C\1. The maximum atomic E-state index is 4.84. The van der Waals surface area contributed by atoms with Crippen LogP contribution in [0.3, 0.4) is 0 Å². The number of anilines is 1. The molecule has 3 rings (SSSR count). The van der Waals surface area contributed by atoms with E-state index >= 15 is 0 Å². The van der Waals surface area contributed by atoms with Crippen LogP contribution in [0, 0.1) is 5.41 Å². The van der Waals surface area contributed by atoms with Crippen LogP contribution in [-0.4, -0.2) is 11.8 Å². The Morgan fingerprint density at radius 2 is 1.66 bits per heavy atom. The zero-order valence-electron chi connectivity index (χ0n) is 31.3. The molecule has 0 saturated carbocycles. The lowest BCUT2D eigenvalue weighted by atomic mass is 9.73. The van der Waals surface area contributed by atoms with Crippen LogP contribution in [0.1, 0.15) is 45.4 Å². The molecule has 2 atom stereocenters. The number of hydrogen-bond donors (Lipinski definition) is 2. The van der Waals surface area contributed by atoms with Gasteiger partial charge in [-0.1, -0.05) is 195 Å². The van der Waals surface area contributed by atoms with Gasteiger partial charge in [-0.25, -0.2) is 0 Å². The lowest BCUT2D eigenvalue weighted by Gasteiger charge is -2.38. The topological polar surface area (TPSA) is 12.0 Å². The highest BCUT2D eigenvalue weighted by Crippen LogP contribution is 2.48. The van der Waals surface area contributed by atoms with Gasteiger partial charge in [-0.05, 0) is 80.2 Å². The van der Waals surface area contributed by atoms with Crippen LogP contribution in [0.4, 0.5) is 5.69 Å². The van der Waals surface area contributed by atoms with E-state index in [9.17, 15) is 0 Å². The molecule has 3 heteroatoms. The van der Waals surface area contributed by atoms with Gasteiger partial charge in [-0.3, -0.25) is 0 Å². The van der Waals surface area contributed by atoms with Crippen molar-refractivity contribution in [2.75, 3.05) is 11.9 Å². The van der Waals surface area contributed by atoms with Gasteiger partial charge in [0.25, 0.3) is 0 Å². The molecule has 1 aliphatic carbocycles. The Kier molecular flexibility index (Phi) is 21.7. The summed E-state index contributed by atoms with van der Waals surface area (Å²) < 4.78 is 0. The molecule has 53 heavy (non-hydrogen) atoms. The maximum Gasteiger partial charge on any atom is 0.0414 e. The summed E-state index contributed by atoms with van der Waals surface area (Å²) in [5.41, 5.74) is 4.40. The number of fused-ring (bicyclic) bond motifs is 1. The van der Waals surface area contributed by atoms with Crippen molar-refractivity contribution < 1.29 is 0 Å². The summed E-state index contributed by atoms with van der Waals surface area (Å²) in [5, 5.41) is 5.46. The van der Waals surface area contributed by atoms with Crippen molar-refractivity contribution in [3.8, 4) is 0 Å². The molecule has 0 fully saturated rings. The van der Waals surface area contributed by atoms with Crippen LogP contribution in [0.25, 0.3) is 0 Å². The van der Waals surface area contributed by atoms with Crippen molar-refractivity contribution in [3.05, 3.63) is 235 Å². The minimum absolute atomic E-state index is 0.0570. The standard InChI is InChI=1S/C50H57NS2/c1-4-6-8-10-11-12-13-14-23-36-47(43-52)50-39-26-16-19-30-44(3)53-49(50)42-46(33-20-9-7-5-2)35-29-34-45(31-21-17-27-40-50)32-22-18-28-41-51-48-37-24-15-25-38-48/h4-10,13-19,21-32,35-38,40,42-43,49,51-52H,2-3,11-12,20,33-34,39,41H2,1H3/b6-4-,9-7-,10-8-,14-13-,21-17-,26-16-,28-18+,30-19-,32-22+,35-29-,36-23-,40-27+,45-31-,46-42-,47-43-. The smallest absolute Gasteiger partial charge is 0.0414 e. The second-order valence-electron chi connectivity index (χ2n) is 12.5. The highest BCUT2D eigenvalue weighted by atomic mass is 32.2. The van der Waals surface area contributed by atoms with E-state index in [-0.39, 0.29) is 5.25 Å². The monoisotopic (exact) mass is 735 g/mol. The minimum atomic E-state index is -0.392. The molecule has 0 bridgehead atoms. The lowest BCUT2D eigenvalue weighted by Crippen LogP contribution is -2.31. The fourth-order valence-electron chi connectivity index (χ4n) is 5.71. The number of benzene rings is 1. The Bertz CT molecular complexity index is 1740. The highest BCUT2D eigenvalue weighted by molar-refractivity contribution is 8.04. The molecular formula is C50H57NS2. The Hall–Kier alpha value is -4.70. The molecule has 1 heterocycles. The van der Waals surface area contributed by atoms with Crippen LogP contribution >= 0.6 is 24.4 Å². The first-order chi connectivity index (χ1) is 26.1. The van der Waals surface area contributed by atoms with Gasteiger partial charge in [0, 0.05) is 27.8 Å². The zero-order chi connectivity index (χ0) is 37.7. The first-order valence-electron chi connectivity index (χ1n) is 18.6. The Morgan fingerprint density at radius 3 is 2.45 bits per heavy atom. The molecule has 0 saturated heterocycles. The number of nitrogens with one attached hydrogen (secondary N) is 1. The third-order valence-electron chi connectivity index (χ3n) is 8.51. The van der Waals surface area contributed by atoms with Gasteiger partial charge in [0.05, 0.1) is 0 Å². The van der Waals surface area contributed by atoms with Gasteiger partial charge in [-0.2, -0.15) is 12.6 Å². The maximum absolute atomic E-state index is 4.84. The molecule has 274 valence electrons. The van der Waals surface area contributed by atoms with Gasteiger partial charge in [0.15, 0.2) is 0 Å². The van der Waals surface area contributed by atoms with Gasteiger partial charge in [0.1, 0.15) is 0 Å². The highest BCUT2D eigenvalue weighted by Gasteiger charge is 2.38. The molecule has 0 spiro atoms. The zero-order valence-corrected chi connectivity index (χ0v) is 33.1. The van der Waals surface area contributed by atoms with E-state index in [1.165, 1.54) is 11.1 Å². The molecule has 1 N–H and O–H groups in total. The number of unbranched alkanes of at least 4 members (excludes halogenated alkanes) is 1. The Labute approximate surface area is 331 Å². The van der Waals surface area contributed by atoms with Crippen molar-refractivity contribution in [1.82, 2.24) is 0 Å². The van der Waals surface area contributed by atoms with E-state index in [0.717, 1.165) is 61.2 Å². The predicted molar refractivity (Wildman–Crippen MR) is 244 cm³/mol. The third-order valence-corrected chi connectivity index (χ3v) is 10.0. The second kappa shape index (κ2) is 27.0. The van der Waals surface area contributed by atoms with Crippen LogP contribution in [-0.2, 0) is 0 Å². The first kappa shape index (κ1) is 42.7. The van der Waals surface area contributed by atoms with E-state index in [1.807, 2.05) is 60.5 Å². The van der Waals surface area contributed by atoms with Crippen LogP contribution < -0.4 is 5.32 Å². The van der Waals surface area contributed by atoms with E-state index in [2.05, 4.69) is 176 Å².